The van der Waals surface area contributed by atoms with Crippen molar-refractivity contribution in [1.29, 1.82) is 0 Å². The van der Waals surface area contributed by atoms with Gasteiger partial charge in [0.15, 0.2) is 0 Å². The van der Waals surface area contributed by atoms with Gasteiger partial charge >= 0.3 is 0 Å². The van der Waals surface area contributed by atoms with Crippen molar-refractivity contribution < 1.29 is 13.7 Å². The Hall–Kier alpha value is -0.910. The lowest BCUT2D eigenvalue weighted by molar-refractivity contribution is 0.217. The predicted octanol–water partition coefficient (Wildman–Crippen LogP) is 2.13. The van der Waals surface area contributed by atoms with Gasteiger partial charge in [0.1, 0.15) is 5.75 Å². The van der Waals surface area contributed by atoms with Gasteiger partial charge in [-0.25, -0.2) is 0 Å². The fraction of sp³-hybridized carbons (Fsp3) is 0.600. The molecule has 0 saturated heterocycles. The van der Waals surface area contributed by atoms with E-state index in [9.17, 15) is 4.21 Å². The molecular formula is C15H25NO3S. The summed E-state index contributed by atoms with van der Waals surface area (Å²) in [4.78, 5) is 0. The first kappa shape index (κ1) is 17.1. The van der Waals surface area contributed by atoms with Crippen molar-refractivity contribution in [3.8, 4) is 5.75 Å². The molecule has 114 valence electrons. The molecule has 3 atom stereocenters. The highest BCUT2D eigenvalue weighted by Gasteiger charge is 2.23. The van der Waals surface area contributed by atoms with Crippen LogP contribution >= 0.6 is 0 Å². The molecule has 0 amide bonds. The number of nitrogens with one attached hydrogen (secondary N) is 1. The van der Waals surface area contributed by atoms with E-state index in [4.69, 9.17) is 9.47 Å². The third-order valence-electron chi connectivity index (χ3n) is 3.27. The summed E-state index contributed by atoms with van der Waals surface area (Å²) in [5.41, 5.74) is 1.13. The van der Waals surface area contributed by atoms with E-state index in [0.717, 1.165) is 17.9 Å². The van der Waals surface area contributed by atoms with Gasteiger partial charge < -0.3 is 14.8 Å². The number of rotatable bonds is 9. The van der Waals surface area contributed by atoms with Gasteiger partial charge in [0.2, 0.25) is 0 Å². The first-order valence-electron chi connectivity index (χ1n) is 6.87. The normalized spacial score (nSPS) is 15.6. The van der Waals surface area contributed by atoms with Gasteiger partial charge in [-0.05, 0) is 31.2 Å². The maximum Gasteiger partial charge on any atom is 0.118 e. The van der Waals surface area contributed by atoms with Crippen molar-refractivity contribution >= 4 is 10.8 Å². The minimum Gasteiger partial charge on any atom is -0.497 e. The van der Waals surface area contributed by atoms with Crippen molar-refractivity contribution in [1.82, 2.24) is 5.32 Å². The molecule has 0 saturated carbocycles. The van der Waals surface area contributed by atoms with Crippen LogP contribution in [0, 0.1) is 0 Å². The summed E-state index contributed by atoms with van der Waals surface area (Å²) >= 11 is 0. The van der Waals surface area contributed by atoms with E-state index >= 15 is 0 Å². The fourth-order valence-corrected chi connectivity index (χ4v) is 3.35. The first-order valence-corrected chi connectivity index (χ1v) is 8.25. The number of hydrogen-bond acceptors (Lipinski definition) is 4. The van der Waals surface area contributed by atoms with E-state index in [0.29, 0.717) is 12.4 Å². The highest BCUT2D eigenvalue weighted by molar-refractivity contribution is 7.85. The zero-order valence-electron chi connectivity index (χ0n) is 12.7. The maximum absolute atomic E-state index is 12.3. The highest BCUT2D eigenvalue weighted by Crippen LogP contribution is 2.23. The molecule has 1 N–H and O–H groups in total. The van der Waals surface area contributed by atoms with Crippen LogP contribution in [0.5, 0.6) is 5.75 Å². The third-order valence-corrected chi connectivity index (χ3v) is 4.94. The van der Waals surface area contributed by atoms with E-state index in [1.165, 1.54) is 0 Å². The molecule has 1 rings (SSSR count). The van der Waals surface area contributed by atoms with Crippen molar-refractivity contribution in [2.24, 2.45) is 0 Å². The van der Waals surface area contributed by atoms with Crippen molar-refractivity contribution in [2.75, 3.05) is 33.1 Å². The summed E-state index contributed by atoms with van der Waals surface area (Å²) in [6, 6.07) is 7.99. The second-order valence-corrected chi connectivity index (χ2v) is 6.50. The Morgan fingerprint density at radius 1 is 1.25 bits per heavy atom. The lowest BCUT2D eigenvalue weighted by atomic mass is 10.0. The standard InChI is InChI=1S/C15H25NO3S/c1-5-16-15(12(2)20(17)11-10-18-3)13-6-8-14(19-4)9-7-13/h6-9,12,15-16H,5,10-11H2,1-4H3. The van der Waals surface area contributed by atoms with Crippen molar-refractivity contribution in [3.63, 3.8) is 0 Å². The number of ether oxygens (including phenoxy) is 2. The number of hydrogen-bond donors (Lipinski definition) is 1. The molecule has 0 fully saturated rings. The van der Waals surface area contributed by atoms with E-state index < -0.39 is 10.8 Å². The second-order valence-electron chi connectivity index (χ2n) is 4.59. The molecule has 0 spiro atoms. The molecule has 4 nitrogen and oxygen atoms in total. The Balaban J connectivity index is 2.82. The van der Waals surface area contributed by atoms with Crippen LogP contribution in [0.2, 0.25) is 0 Å². The number of methoxy groups -OCH3 is 2. The molecule has 1 aromatic carbocycles. The van der Waals surface area contributed by atoms with Crippen LogP contribution in [0.25, 0.3) is 0 Å². The summed E-state index contributed by atoms with van der Waals surface area (Å²) in [6.07, 6.45) is 0. The van der Waals surface area contributed by atoms with Gasteiger partial charge in [0.05, 0.1) is 19.0 Å². The topological polar surface area (TPSA) is 47.6 Å². The van der Waals surface area contributed by atoms with Gasteiger partial charge in [-0.15, -0.1) is 0 Å². The fourth-order valence-electron chi connectivity index (χ4n) is 2.09. The maximum atomic E-state index is 12.3. The summed E-state index contributed by atoms with van der Waals surface area (Å²) < 4.78 is 22.5. The van der Waals surface area contributed by atoms with Gasteiger partial charge in [-0.2, -0.15) is 0 Å². The summed E-state index contributed by atoms with van der Waals surface area (Å²) in [5, 5.41) is 3.45. The minimum absolute atomic E-state index is 0.0264. The molecule has 1 aromatic rings. The largest absolute Gasteiger partial charge is 0.497 e. The summed E-state index contributed by atoms with van der Waals surface area (Å²) in [7, 11) is 2.36. The zero-order valence-corrected chi connectivity index (χ0v) is 13.5. The second kappa shape index (κ2) is 9.10. The monoisotopic (exact) mass is 299 g/mol. The van der Waals surface area contributed by atoms with Crippen LogP contribution in [-0.2, 0) is 15.5 Å². The van der Waals surface area contributed by atoms with Gasteiger partial charge in [-0.3, -0.25) is 4.21 Å². The highest BCUT2D eigenvalue weighted by atomic mass is 32.2. The minimum atomic E-state index is -0.923. The average molecular weight is 299 g/mol. The van der Waals surface area contributed by atoms with Crippen LogP contribution in [0.3, 0.4) is 0 Å². The molecular weight excluding hydrogens is 274 g/mol. The quantitative estimate of drug-likeness (QED) is 0.759. The summed E-state index contributed by atoms with van der Waals surface area (Å²) in [5.74, 6) is 1.40. The van der Waals surface area contributed by atoms with Crippen LogP contribution in [0.4, 0.5) is 0 Å². The van der Waals surface area contributed by atoms with Gasteiger partial charge in [0.25, 0.3) is 0 Å². The van der Waals surface area contributed by atoms with Gasteiger partial charge in [0, 0.05) is 29.7 Å². The summed E-state index contributed by atoms with van der Waals surface area (Å²) in [6.45, 7) is 5.44. The molecule has 0 aliphatic carbocycles. The van der Waals surface area contributed by atoms with Crippen LogP contribution < -0.4 is 10.1 Å². The van der Waals surface area contributed by atoms with E-state index in [1.54, 1.807) is 14.2 Å². The Kier molecular flexibility index (Phi) is 7.80. The smallest absolute Gasteiger partial charge is 0.118 e. The molecule has 3 unspecified atom stereocenters. The molecule has 0 aliphatic rings. The van der Waals surface area contributed by atoms with Crippen LogP contribution in [0.15, 0.2) is 24.3 Å². The third kappa shape index (κ3) is 4.89. The average Bonchev–Trinajstić information content (AvgIpc) is 2.49. The molecule has 5 heteroatoms. The first-order chi connectivity index (χ1) is 9.63. The van der Waals surface area contributed by atoms with E-state index in [-0.39, 0.29) is 11.3 Å². The van der Waals surface area contributed by atoms with E-state index in [2.05, 4.69) is 12.2 Å². The molecule has 0 heterocycles. The van der Waals surface area contributed by atoms with Crippen LogP contribution in [-0.4, -0.2) is 42.6 Å². The Morgan fingerprint density at radius 2 is 1.90 bits per heavy atom. The van der Waals surface area contributed by atoms with Crippen molar-refractivity contribution in [2.45, 2.75) is 25.1 Å². The molecule has 20 heavy (non-hydrogen) atoms. The number of benzene rings is 1. The predicted molar refractivity (Wildman–Crippen MR) is 83.8 cm³/mol. The van der Waals surface area contributed by atoms with Crippen LogP contribution in [0.1, 0.15) is 25.5 Å². The molecule has 0 radical (unpaired) electrons. The van der Waals surface area contributed by atoms with E-state index in [1.807, 2.05) is 31.2 Å². The molecule has 0 aliphatic heterocycles. The lowest BCUT2D eigenvalue weighted by Gasteiger charge is -2.25. The zero-order chi connectivity index (χ0) is 15.0. The van der Waals surface area contributed by atoms with Crippen molar-refractivity contribution in [3.05, 3.63) is 29.8 Å². The SMILES string of the molecule is CCNC(c1ccc(OC)cc1)C(C)S(=O)CCOC. The lowest BCUT2D eigenvalue weighted by Crippen LogP contribution is -2.34. The Bertz CT molecular complexity index is 408. The Morgan fingerprint density at radius 3 is 2.40 bits per heavy atom. The van der Waals surface area contributed by atoms with Gasteiger partial charge in [-0.1, -0.05) is 19.1 Å². The molecule has 0 aromatic heterocycles. The molecule has 0 bridgehead atoms. The Labute approximate surface area is 124 Å².